The third-order valence-corrected chi connectivity index (χ3v) is 4.36. The van der Waals surface area contributed by atoms with Crippen molar-refractivity contribution in [1.29, 1.82) is 0 Å². The average molecular weight is 319 g/mol. The number of anilines is 1. The first-order chi connectivity index (χ1) is 9.06. The normalized spacial score (nSPS) is 18.8. The SMILES string of the molecule is O=C(CC1SCCNC1=O)Nc1ccc(Cl)cc1Cl. The van der Waals surface area contributed by atoms with Gasteiger partial charge < -0.3 is 10.6 Å². The maximum atomic E-state index is 11.9. The monoisotopic (exact) mass is 318 g/mol. The Balaban J connectivity index is 1.95. The summed E-state index contributed by atoms with van der Waals surface area (Å²) in [5.41, 5.74) is 0.497. The lowest BCUT2D eigenvalue weighted by atomic mass is 10.2. The molecule has 1 aromatic rings. The zero-order chi connectivity index (χ0) is 13.8. The quantitative estimate of drug-likeness (QED) is 0.900. The van der Waals surface area contributed by atoms with Crippen molar-refractivity contribution in [1.82, 2.24) is 5.32 Å². The fourth-order valence-corrected chi connectivity index (χ4v) is 3.14. The molecule has 2 N–H and O–H groups in total. The molecule has 1 unspecified atom stereocenters. The highest BCUT2D eigenvalue weighted by Crippen LogP contribution is 2.26. The number of amides is 2. The van der Waals surface area contributed by atoms with E-state index in [0.29, 0.717) is 22.3 Å². The fourth-order valence-electron chi connectivity index (χ4n) is 1.68. The Hall–Kier alpha value is -0.910. The molecule has 102 valence electrons. The van der Waals surface area contributed by atoms with Crippen LogP contribution in [-0.2, 0) is 9.59 Å². The van der Waals surface area contributed by atoms with Gasteiger partial charge in [0.2, 0.25) is 11.8 Å². The van der Waals surface area contributed by atoms with Gasteiger partial charge in [-0.25, -0.2) is 0 Å². The van der Waals surface area contributed by atoms with E-state index in [1.54, 1.807) is 18.2 Å². The van der Waals surface area contributed by atoms with Crippen LogP contribution >= 0.6 is 35.0 Å². The van der Waals surface area contributed by atoms with Gasteiger partial charge in [-0.05, 0) is 18.2 Å². The molecule has 0 bridgehead atoms. The first kappa shape index (κ1) is 14.5. The van der Waals surface area contributed by atoms with E-state index < -0.39 is 0 Å². The van der Waals surface area contributed by atoms with Crippen molar-refractivity contribution in [2.24, 2.45) is 0 Å². The lowest BCUT2D eigenvalue weighted by molar-refractivity contribution is -0.123. The summed E-state index contributed by atoms with van der Waals surface area (Å²) >= 11 is 13.2. The van der Waals surface area contributed by atoms with Crippen LogP contribution in [0.5, 0.6) is 0 Å². The van der Waals surface area contributed by atoms with Crippen molar-refractivity contribution in [3.05, 3.63) is 28.2 Å². The molecule has 1 fully saturated rings. The van der Waals surface area contributed by atoms with Crippen LogP contribution in [0.3, 0.4) is 0 Å². The molecular weight excluding hydrogens is 307 g/mol. The van der Waals surface area contributed by atoms with Crippen LogP contribution in [-0.4, -0.2) is 29.4 Å². The molecule has 2 rings (SSSR count). The van der Waals surface area contributed by atoms with Gasteiger partial charge in [-0.1, -0.05) is 23.2 Å². The zero-order valence-corrected chi connectivity index (χ0v) is 12.2. The summed E-state index contributed by atoms with van der Waals surface area (Å²) in [5.74, 6) is 0.498. The minimum absolute atomic E-state index is 0.0893. The number of carbonyl (C=O) groups excluding carboxylic acids is 2. The van der Waals surface area contributed by atoms with Crippen LogP contribution in [0, 0.1) is 0 Å². The molecule has 1 aliphatic heterocycles. The van der Waals surface area contributed by atoms with Crippen LogP contribution in [0.15, 0.2) is 18.2 Å². The van der Waals surface area contributed by atoms with E-state index >= 15 is 0 Å². The van der Waals surface area contributed by atoms with Crippen LogP contribution in [0.25, 0.3) is 0 Å². The van der Waals surface area contributed by atoms with Crippen molar-refractivity contribution < 1.29 is 9.59 Å². The van der Waals surface area contributed by atoms with E-state index in [1.807, 2.05) is 0 Å². The second kappa shape index (κ2) is 6.50. The Bertz CT molecular complexity index is 511. The number of carbonyl (C=O) groups is 2. The molecule has 0 aliphatic carbocycles. The van der Waals surface area contributed by atoms with Crippen LogP contribution in [0.4, 0.5) is 5.69 Å². The Morgan fingerprint density at radius 2 is 2.26 bits per heavy atom. The van der Waals surface area contributed by atoms with E-state index in [1.165, 1.54) is 11.8 Å². The number of rotatable bonds is 3. The lowest BCUT2D eigenvalue weighted by Gasteiger charge is -2.20. The summed E-state index contributed by atoms with van der Waals surface area (Å²) in [7, 11) is 0. The molecule has 1 heterocycles. The summed E-state index contributed by atoms with van der Waals surface area (Å²) in [6, 6.07) is 4.84. The summed E-state index contributed by atoms with van der Waals surface area (Å²) in [5, 5.41) is 5.97. The topological polar surface area (TPSA) is 58.2 Å². The number of nitrogens with one attached hydrogen (secondary N) is 2. The zero-order valence-electron chi connectivity index (χ0n) is 9.91. The Morgan fingerprint density at radius 1 is 1.47 bits per heavy atom. The largest absolute Gasteiger partial charge is 0.354 e. The van der Waals surface area contributed by atoms with Gasteiger partial charge in [0.05, 0.1) is 16.0 Å². The summed E-state index contributed by atoms with van der Waals surface area (Å²) in [4.78, 5) is 23.4. The third kappa shape index (κ3) is 4.03. The molecule has 0 aromatic heterocycles. The van der Waals surface area contributed by atoms with Gasteiger partial charge in [0.15, 0.2) is 0 Å². The van der Waals surface area contributed by atoms with E-state index in [9.17, 15) is 9.59 Å². The first-order valence-corrected chi connectivity index (χ1v) is 7.51. The maximum Gasteiger partial charge on any atom is 0.233 e. The highest BCUT2D eigenvalue weighted by atomic mass is 35.5. The van der Waals surface area contributed by atoms with Crippen molar-refractivity contribution >= 4 is 52.5 Å². The van der Waals surface area contributed by atoms with Gasteiger partial charge in [-0.3, -0.25) is 9.59 Å². The van der Waals surface area contributed by atoms with Gasteiger partial charge in [0.25, 0.3) is 0 Å². The van der Waals surface area contributed by atoms with E-state index in [2.05, 4.69) is 10.6 Å². The second-order valence-corrected chi connectivity index (χ2v) is 6.18. The average Bonchev–Trinajstić information content (AvgIpc) is 2.36. The smallest absolute Gasteiger partial charge is 0.233 e. The van der Waals surface area contributed by atoms with Gasteiger partial charge in [-0.15, -0.1) is 11.8 Å². The molecule has 1 atom stereocenters. The van der Waals surface area contributed by atoms with Crippen LogP contribution < -0.4 is 10.6 Å². The van der Waals surface area contributed by atoms with Crippen molar-refractivity contribution in [2.75, 3.05) is 17.6 Å². The molecule has 0 saturated carbocycles. The van der Waals surface area contributed by atoms with Crippen molar-refractivity contribution in [3.8, 4) is 0 Å². The van der Waals surface area contributed by atoms with Crippen molar-refractivity contribution in [3.63, 3.8) is 0 Å². The molecule has 1 saturated heterocycles. The molecule has 4 nitrogen and oxygen atoms in total. The van der Waals surface area contributed by atoms with E-state index in [0.717, 1.165) is 5.75 Å². The minimum atomic E-state index is -0.333. The Labute approximate surface area is 125 Å². The standard InChI is InChI=1S/C12H12Cl2N2O2S/c13-7-1-2-9(8(14)5-7)16-11(17)6-10-12(18)15-3-4-19-10/h1-2,5,10H,3-4,6H2,(H,15,18)(H,16,17). The first-order valence-electron chi connectivity index (χ1n) is 5.70. The maximum absolute atomic E-state index is 11.9. The third-order valence-electron chi connectivity index (χ3n) is 2.59. The predicted molar refractivity (Wildman–Crippen MR) is 79.0 cm³/mol. The molecule has 7 heteroatoms. The lowest BCUT2D eigenvalue weighted by Crippen LogP contribution is -2.40. The Kier molecular flexibility index (Phi) is 4.96. The number of halogens is 2. The van der Waals surface area contributed by atoms with E-state index in [4.69, 9.17) is 23.2 Å². The van der Waals surface area contributed by atoms with Crippen LogP contribution in [0.1, 0.15) is 6.42 Å². The minimum Gasteiger partial charge on any atom is -0.354 e. The van der Waals surface area contributed by atoms with Crippen LogP contribution in [0.2, 0.25) is 10.0 Å². The van der Waals surface area contributed by atoms with Gasteiger partial charge in [0, 0.05) is 23.7 Å². The summed E-state index contributed by atoms with van der Waals surface area (Å²) in [6.07, 6.45) is 0.134. The molecule has 0 radical (unpaired) electrons. The molecule has 2 amide bonds. The van der Waals surface area contributed by atoms with Crippen molar-refractivity contribution in [2.45, 2.75) is 11.7 Å². The number of benzene rings is 1. The number of hydrogen-bond acceptors (Lipinski definition) is 3. The Morgan fingerprint density at radius 3 is 2.95 bits per heavy atom. The number of thioether (sulfide) groups is 1. The number of hydrogen-bond donors (Lipinski definition) is 2. The molecular formula is C12H12Cl2N2O2S. The highest BCUT2D eigenvalue weighted by molar-refractivity contribution is 8.00. The second-order valence-electron chi connectivity index (χ2n) is 4.03. The highest BCUT2D eigenvalue weighted by Gasteiger charge is 2.25. The molecule has 19 heavy (non-hydrogen) atoms. The van der Waals surface area contributed by atoms with E-state index in [-0.39, 0.29) is 23.5 Å². The fraction of sp³-hybridized carbons (Fsp3) is 0.333. The predicted octanol–water partition coefficient (Wildman–Crippen LogP) is 2.55. The molecule has 1 aliphatic rings. The van der Waals surface area contributed by atoms with Gasteiger partial charge in [-0.2, -0.15) is 0 Å². The molecule has 0 spiro atoms. The summed E-state index contributed by atoms with van der Waals surface area (Å²) in [6.45, 7) is 0.657. The van der Waals surface area contributed by atoms with Gasteiger partial charge >= 0.3 is 0 Å². The summed E-state index contributed by atoms with van der Waals surface area (Å²) < 4.78 is 0. The van der Waals surface area contributed by atoms with Gasteiger partial charge in [0.1, 0.15) is 0 Å². The molecule has 1 aromatic carbocycles.